The highest BCUT2D eigenvalue weighted by molar-refractivity contribution is 5.61. The fourth-order valence-electron chi connectivity index (χ4n) is 5.46. The second-order valence-corrected chi connectivity index (χ2v) is 10.8. The summed E-state index contributed by atoms with van der Waals surface area (Å²) in [4.78, 5) is 17.2. The Morgan fingerprint density at radius 2 is 1.75 bits per heavy atom. The molecule has 0 aliphatic carbocycles. The molecule has 0 bridgehead atoms. The number of fused-ring (bicyclic) bond motifs is 1. The summed E-state index contributed by atoms with van der Waals surface area (Å²) in [6.07, 6.45) is -0.803. The molecule has 2 aliphatic heterocycles. The van der Waals surface area contributed by atoms with E-state index in [2.05, 4.69) is 33.3 Å². The van der Waals surface area contributed by atoms with Gasteiger partial charge in [-0.3, -0.25) is 0 Å². The topological polar surface area (TPSA) is 143 Å². The van der Waals surface area contributed by atoms with E-state index in [1.165, 1.54) is 0 Å². The Bertz CT molecular complexity index is 1140. The quantitative estimate of drug-likeness (QED) is 0.135. The van der Waals surface area contributed by atoms with Crippen LogP contribution in [0.5, 0.6) is 5.75 Å². The van der Waals surface area contributed by atoms with Gasteiger partial charge >= 0.3 is 0 Å². The molecular formula is C31H45N3O10. The number of anilines is 1. The van der Waals surface area contributed by atoms with Gasteiger partial charge < -0.3 is 48.6 Å². The Morgan fingerprint density at radius 1 is 1.00 bits per heavy atom. The lowest BCUT2D eigenvalue weighted by Crippen LogP contribution is -2.51. The van der Waals surface area contributed by atoms with Crippen LogP contribution in [0.25, 0.3) is 0 Å². The molecular weight excluding hydrogens is 574 g/mol. The molecule has 1 saturated heterocycles. The molecule has 0 aromatic heterocycles. The Balaban J connectivity index is 1.46. The Labute approximate surface area is 258 Å². The van der Waals surface area contributed by atoms with E-state index in [4.69, 9.17) is 28.4 Å². The van der Waals surface area contributed by atoms with E-state index in [0.717, 1.165) is 47.6 Å². The summed E-state index contributed by atoms with van der Waals surface area (Å²) in [6.45, 7) is 5.54. The van der Waals surface area contributed by atoms with Crippen molar-refractivity contribution in [3.05, 3.63) is 69.3 Å². The second-order valence-electron chi connectivity index (χ2n) is 10.8. The number of aliphatic hydroxyl groups excluding tert-OH is 1. The van der Waals surface area contributed by atoms with Crippen molar-refractivity contribution in [2.45, 2.75) is 43.9 Å². The minimum atomic E-state index is -1.14. The van der Waals surface area contributed by atoms with E-state index in [1.54, 1.807) is 14.2 Å². The van der Waals surface area contributed by atoms with Crippen LogP contribution in [0.3, 0.4) is 0 Å². The normalized spacial score (nSPS) is 20.5. The molecule has 0 radical (unpaired) electrons. The SMILES string of the molecule is COCCCN1CCOc2ccc(CO[C@H]3CNC[C@@H](OCC(O)CO[N+](=O)[O-])[C@@H]3c3ccc(COCCOC)cc3)cc21. The van der Waals surface area contributed by atoms with Gasteiger partial charge in [0.25, 0.3) is 5.09 Å². The fraction of sp³-hybridized carbons (Fsp3) is 0.613. The molecule has 4 rings (SSSR count). The van der Waals surface area contributed by atoms with Crippen molar-refractivity contribution in [3.8, 4) is 5.75 Å². The van der Waals surface area contributed by atoms with Crippen molar-refractivity contribution in [1.29, 1.82) is 0 Å². The highest BCUT2D eigenvalue weighted by Gasteiger charge is 2.36. The number of ether oxygens (including phenoxy) is 6. The smallest absolute Gasteiger partial charge is 0.294 e. The molecule has 0 spiro atoms. The summed E-state index contributed by atoms with van der Waals surface area (Å²) in [6, 6.07) is 14.3. The van der Waals surface area contributed by atoms with Crippen molar-refractivity contribution in [2.75, 3.05) is 84.9 Å². The van der Waals surface area contributed by atoms with Gasteiger partial charge in [0.1, 0.15) is 25.1 Å². The lowest BCUT2D eigenvalue weighted by molar-refractivity contribution is -0.759. The first-order chi connectivity index (χ1) is 21.5. The number of hydrogen-bond acceptors (Lipinski definition) is 12. The monoisotopic (exact) mass is 619 g/mol. The molecule has 0 amide bonds. The third kappa shape index (κ3) is 10.3. The number of piperidine rings is 1. The van der Waals surface area contributed by atoms with Gasteiger partial charge in [-0.15, -0.1) is 10.1 Å². The van der Waals surface area contributed by atoms with Crippen LogP contribution in [-0.4, -0.2) is 109 Å². The van der Waals surface area contributed by atoms with Gasteiger partial charge in [0.05, 0.1) is 57.5 Å². The molecule has 2 heterocycles. The number of rotatable bonds is 19. The predicted octanol–water partition coefficient (Wildman–Crippen LogP) is 2.31. The Morgan fingerprint density at radius 3 is 2.50 bits per heavy atom. The third-order valence-corrected chi connectivity index (χ3v) is 7.66. The van der Waals surface area contributed by atoms with E-state index >= 15 is 0 Å². The van der Waals surface area contributed by atoms with Crippen LogP contribution in [0.1, 0.15) is 29.0 Å². The van der Waals surface area contributed by atoms with Gasteiger partial charge in [0.15, 0.2) is 0 Å². The summed E-state index contributed by atoms with van der Waals surface area (Å²) in [5.41, 5.74) is 4.15. The van der Waals surface area contributed by atoms with E-state index in [0.29, 0.717) is 52.7 Å². The van der Waals surface area contributed by atoms with Crippen LogP contribution >= 0.6 is 0 Å². The molecule has 2 N–H and O–H groups in total. The molecule has 2 aromatic carbocycles. The van der Waals surface area contributed by atoms with E-state index in [9.17, 15) is 15.2 Å². The molecule has 44 heavy (non-hydrogen) atoms. The lowest BCUT2D eigenvalue weighted by Gasteiger charge is -2.39. The minimum absolute atomic E-state index is 0.113. The van der Waals surface area contributed by atoms with Crippen LogP contribution in [-0.2, 0) is 41.7 Å². The summed E-state index contributed by atoms with van der Waals surface area (Å²) >= 11 is 0. The molecule has 2 aromatic rings. The first-order valence-electron chi connectivity index (χ1n) is 15.0. The maximum Gasteiger partial charge on any atom is 0.294 e. The average Bonchev–Trinajstić information content (AvgIpc) is 3.04. The standard InChI is InChI=1S/C31H45N3O10/c1-38-12-3-10-33-11-13-41-28-9-6-24(16-27(28)33)20-42-29-17-32-18-30(43-21-26(35)22-44-34(36)37)31(29)25-7-4-23(5-8-25)19-40-15-14-39-2/h4-9,16,26,29-32,35H,3,10-15,17-22H2,1-2H3/t26?,29-,30+,31+/m0/s1. The van der Waals surface area contributed by atoms with Gasteiger partial charge in [-0.05, 0) is 35.2 Å². The summed E-state index contributed by atoms with van der Waals surface area (Å²) in [5.74, 6) is 0.712. The number of benzene rings is 2. The van der Waals surface area contributed by atoms with Crippen molar-refractivity contribution >= 4 is 5.69 Å². The molecule has 244 valence electrons. The van der Waals surface area contributed by atoms with Gasteiger partial charge in [-0.2, -0.15) is 0 Å². The first kappa shape index (κ1) is 33.8. The predicted molar refractivity (Wildman–Crippen MR) is 161 cm³/mol. The highest BCUT2D eigenvalue weighted by Crippen LogP contribution is 2.34. The number of nitrogens with one attached hydrogen (secondary N) is 1. The molecule has 4 atom stereocenters. The molecule has 13 heteroatoms. The zero-order valence-corrected chi connectivity index (χ0v) is 25.6. The zero-order chi connectivity index (χ0) is 31.1. The molecule has 1 fully saturated rings. The van der Waals surface area contributed by atoms with E-state index < -0.39 is 17.8 Å². The van der Waals surface area contributed by atoms with E-state index in [-0.39, 0.29) is 24.7 Å². The molecule has 1 unspecified atom stereocenters. The fourth-order valence-corrected chi connectivity index (χ4v) is 5.46. The summed E-state index contributed by atoms with van der Waals surface area (Å²) in [5, 5.41) is 23.2. The van der Waals surface area contributed by atoms with Gasteiger partial charge in [-0.25, -0.2) is 0 Å². The van der Waals surface area contributed by atoms with Crippen LogP contribution in [0.2, 0.25) is 0 Å². The molecule has 13 nitrogen and oxygen atoms in total. The largest absolute Gasteiger partial charge is 0.490 e. The van der Waals surface area contributed by atoms with Gasteiger partial charge in [0, 0.05) is 46.4 Å². The maximum absolute atomic E-state index is 10.5. The number of nitrogens with zero attached hydrogens (tertiary/aromatic N) is 2. The Kier molecular flexibility index (Phi) is 13.9. The third-order valence-electron chi connectivity index (χ3n) is 7.66. The van der Waals surface area contributed by atoms with Crippen molar-refractivity contribution in [2.24, 2.45) is 0 Å². The zero-order valence-electron chi connectivity index (χ0n) is 25.6. The van der Waals surface area contributed by atoms with Gasteiger partial charge in [0.2, 0.25) is 0 Å². The van der Waals surface area contributed by atoms with Crippen molar-refractivity contribution in [1.82, 2.24) is 5.32 Å². The number of hydrogen-bond donors (Lipinski definition) is 2. The highest BCUT2D eigenvalue weighted by atomic mass is 17.0. The first-order valence-corrected chi connectivity index (χ1v) is 15.0. The summed E-state index contributed by atoms with van der Waals surface area (Å²) in [7, 11) is 3.35. The summed E-state index contributed by atoms with van der Waals surface area (Å²) < 4.78 is 34.5. The molecule has 2 aliphatic rings. The maximum atomic E-state index is 10.5. The molecule has 0 saturated carbocycles. The van der Waals surface area contributed by atoms with Crippen molar-refractivity contribution in [3.63, 3.8) is 0 Å². The van der Waals surface area contributed by atoms with Crippen molar-refractivity contribution < 1.29 is 43.5 Å². The minimum Gasteiger partial charge on any atom is -0.490 e. The van der Waals surface area contributed by atoms with Crippen LogP contribution < -0.4 is 15.0 Å². The van der Waals surface area contributed by atoms with Crippen LogP contribution in [0.4, 0.5) is 5.69 Å². The Hall–Kier alpha value is -3.04. The number of aliphatic hydroxyl groups is 1. The average molecular weight is 620 g/mol. The second kappa shape index (κ2) is 18.1. The van der Waals surface area contributed by atoms with Gasteiger partial charge in [-0.1, -0.05) is 30.3 Å². The van der Waals surface area contributed by atoms with E-state index in [1.807, 2.05) is 24.3 Å². The lowest BCUT2D eigenvalue weighted by atomic mass is 9.85. The number of methoxy groups -OCH3 is 2. The van der Waals surface area contributed by atoms with Crippen LogP contribution in [0.15, 0.2) is 42.5 Å². The van der Waals surface area contributed by atoms with Crippen LogP contribution in [0, 0.1) is 10.1 Å².